The molecule has 108 valence electrons. The number of amides is 1. The lowest BCUT2D eigenvalue weighted by atomic mass is 9.88. The van der Waals surface area contributed by atoms with Gasteiger partial charge in [-0.2, -0.15) is 0 Å². The Labute approximate surface area is 117 Å². The highest BCUT2D eigenvalue weighted by Crippen LogP contribution is 2.15. The van der Waals surface area contributed by atoms with Crippen LogP contribution in [0.1, 0.15) is 27.2 Å². The molecule has 1 unspecified atom stereocenters. The summed E-state index contributed by atoms with van der Waals surface area (Å²) < 4.78 is 5.45. The van der Waals surface area contributed by atoms with Crippen LogP contribution in [0.25, 0.3) is 0 Å². The molecule has 2 N–H and O–H groups in total. The first-order valence-corrected chi connectivity index (χ1v) is 6.67. The predicted octanol–water partition coefficient (Wildman–Crippen LogP) is 1.44. The molecule has 0 aromatic carbocycles. The maximum atomic E-state index is 11.7. The fraction of sp³-hybridized carbons (Fsp3) is 0.923. The standard InChI is InChI=1S/C13H26N2O2.ClH/c1-10(2)4-6-17-7-5-15-13(16)11(3)12-8-14-9-12;/h10-12,14H,4-9H2,1-3H3,(H,15,16);1H. The third-order valence-corrected chi connectivity index (χ3v) is 3.32. The molecule has 0 spiro atoms. The van der Waals surface area contributed by atoms with Crippen LogP contribution in [0.15, 0.2) is 0 Å². The third kappa shape index (κ3) is 6.57. The molecular weight excluding hydrogens is 252 g/mol. The Morgan fingerprint density at radius 1 is 1.33 bits per heavy atom. The van der Waals surface area contributed by atoms with Crippen molar-refractivity contribution in [1.29, 1.82) is 0 Å². The molecule has 0 aliphatic carbocycles. The molecule has 1 atom stereocenters. The summed E-state index contributed by atoms with van der Waals surface area (Å²) in [7, 11) is 0. The molecule has 18 heavy (non-hydrogen) atoms. The van der Waals surface area contributed by atoms with Crippen LogP contribution in [0.4, 0.5) is 0 Å². The van der Waals surface area contributed by atoms with E-state index in [0.29, 0.717) is 25.0 Å². The smallest absolute Gasteiger partial charge is 0.223 e. The molecule has 0 saturated carbocycles. The first kappa shape index (κ1) is 17.7. The lowest BCUT2D eigenvalue weighted by Gasteiger charge is -2.31. The minimum atomic E-state index is 0. The summed E-state index contributed by atoms with van der Waals surface area (Å²) in [5.41, 5.74) is 0. The van der Waals surface area contributed by atoms with Crippen molar-refractivity contribution in [3.8, 4) is 0 Å². The molecule has 0 aromatic rings. The van der Waals surface area contributed by atoms with Crippen molar-refractivity contribution >= 4 is 18.3 Å². The van der Waals surface area contributed by atoms with Crippen LogP contribution in [0.2, 0.25) is 0 Å². The normalized spacial score (nSPS) is 16.9. The van der Waals surface area contributed by atoms with Crippen molar-refractivity contribution in [3.63, 3.8) is 0 Å². The minimum absolute atomic E-state index is 0. The van der Waals surface area contributed by atoms with E-state index in [1.165, 1.54) is 0 Å². The Hall–Kier alpha value is -0.320. The molecule has 1 rings (SSSR count). The molecule has 1 aliphatic heterocycles. The van der Waals surface area contributed by atoms with Gasteiger partial charge in [0.2, 0.25) is 5.91 Å². The topological polar surface area (TPSA) is 50.4 Å². The van der Waals surface area contributed by atoms with Gasteiger partial charge in [0.25, 0.3) is 0 Å². The molecule has 5 heteroatoms. The Bertz CT molecular complexity index is 233. The van der Waals surface area contributed by atoms with Crippen molar-refractivity contribution in [1.82, 2.24) is 10.6 Å². The highest BCUT2D eigenvalue weighted by molar-refractivity contribution is 5.85. The summed E-state index contributed by atoms with van der Waals surface area (Å²) >= 11 is 0. The van der Waals surface area contributed by atoms with E-state index in [9.17, 15) is 4.79 Å². The number of carbonyl (C=O) groups excluding carboxylic acids is 1. The average molecular weight is 279 g/mol. The van der Waals surface area contributed by atoms with Gasteiger partial charge in [0, 0.05) is 19.1 Å². The molecule has 1 amide bonds. The quantitative estimate of drug-likeness (QED) is 0.661. The van der Waals surface area contributed by atoms with Crippen LogP contribution in [-0.4, -0.2) is 38.8 Å². The van der Waals surface area contributed by atoms with E-state index in [0.717, 1.165) is 26.1 Å². The van der Waals surface area contributed by atoms with Crippen LogP contribution in [0.3, 0.4) is 0 Å². The zero-order chi connectivity index (χ0) is 12.7. The molecule has 1 heterocycles. The lowest BCUT2D eigenvalue weighted by molar-refractivity contribution is -0.126. The van der Waals surface area contributed by atoms with Crippen LogP contribution >= 0.6 is 12.4 Å². The van der Waals surface area contributed by atoms with Crippen molar-refractivity contribution in [2.45, 2.75) is 27.2 Å². The number of halogens is 1. The van der Waals surface area contributed by atoms with Gasteiger partial charge in [-0.05, 0) is 31.3 Å². The summed E-state index contributed by atoms with van der Waals surface area (Å²) in [6, 6.07) is 0. The Kier molecular flexibility index (Phi) is 9.42. The van der Waals surface area contributed by atoms with Crippen LogP contribution in [0, 0.1) is 17.8 Å². The van der Waals surface area contributed by atoms with Gasteiger partial charge in [0.05, 0.1) is 6.61 Å². The first-order valence-electron chi connectivity index (χ1n) is 6.67. The largest absolute Gasteiger partial charge is 0.380 e. The maximum Gasteiger partial charge on any atom is 0.223 e. The van der Waals surface area contributed by atoms with Gasteiger partial charge < -0.3 is 15.4 Å². The Balaban J connectivity index is 0.00000289. The summed E-state index contributed by atoms with van der Waals surface area (Å²) in [6.45, 7) is 10.3. The van der Waals surface area contributed by atoms with Crippen molar-refractivity contribution in [2.75, 3.05) is 32.8 Å². The monoisotopic (exact) mass is 278 g/mol. The zero-order valence-electron chi connectivity index (χ0n) is 11.7. The molecule has 0 aromatic heterocycles. The number of hydrogen-bond donors (Lipinski definition) is 2. The summed E-state index contributed by atoms with van der Waals surface area (Å²) in [4.78, 5) is 11.7. The predicted molar refractivity (Wildman–Crippen MR) is 76.1 cm³/mol. The van der Waals surface area contributed by atoms with E-state index in [2.05, 4.69) is 24.5 Å². The van der Waals surface area contributed by atoms with E-state index < -0.39 is 0 Å². The fourth-order valence-electron chi connectivity index (χ4n) is 1.71. The van der Waals surface area contributed by atoms with Gasteiger partial charge in [-0.3, -0.25) is 4.79 Å². The average Bonchev–Trinajstić information content (AvgIpc) is 2.19. The van der Waals surface area contributed by atoms with Crippen LogP contribution in [-0.2, 0) is 9.53 Å². The van der Waals surface area contributed by atoms with Gasteiger partial charge in [0.1, 0.15) is 0 Å². The van der Waals surface area contributed by atoms with Gasteiger partial charge >= 0.3 is 0 Å². The SMILES string of the molecule is CC(C)CCOCCNC(=O)C(C)C1CNC1.Cl. The molecule has 1 saturated heterocycles. The number of rotatable bonds is 8. The summed E-state index contributed by atoms with van der Waals surface area (Å²) in [6.07, 6.45) is 1.08. The van der Waals surface area contributed by atoms with Gasteiger partial charge in [-0.25, -0.2) is 0 Å². The molecule has 4 nitrogen and oxygen atoms in total. The van der Waals surface area contributed by atoms with Crippen molar-refractivity contribution in [2.24, 2.45) is 17.8 Å². The maximum absolute atomic E-state index is 11.7. The summed E-state index contributed by atoms with van der Waals surface area (Å²) in [5, 5.41) is 6.11. The second kappa shape index (κ2) is 9.59. The van der Waals surface area contributed by atoms with Crippen molar-refractivity contribution in [3.05, 3.63) is 0 Å². The number of carbonyl (C=O) groups is 1. The van der Waals surface area contributed by atoms with Gasteiger partial charge in [-0.15, -0.1) is 12.4 Å². The second-order valence-electron chi connectivity index (χ2n) is 5.29. The highest BCUT2D eigenvalue weighted by Gasteiger charge is 2.28. The van der Waals surface area contributed by atoms with Crippen LogP contribution < -0.4 is 10.6 Å². The lowest BCUT2D eigenvalue weighted by Crippen LogP contribution is -2.49. The highest BCUT2D eigenvalue weighted by atomic mass is 35.5. The van der Waals surface area contributed by atoms with Gasteiger partial charge in [-0.1, -0.05) is 20.8 Å². The molecule has 0 radical (unpaired) electrons. The van der Waals surface area contributed by atoms with Crippen LogP contribution in [0.5, 0.6) is 0 Å². The molecule has 1 fully saturated rings. The first-order chi connectivity index (χ1) is 8.11. The van der Waals surface area contributed by atoms with Crippen molar-refractivity contribution < 1.29 is 9.53 Å². The molecule has 0 bridgehead atoms. The summed E-state index contributed by atoms with van der Waals surface area (Å²) in [5.74, 6) is 1.46. The van der Waals surface area contributed by atoms with E-state index in [4.69, 9.17) is 4.74 Å². The number of ether oxygens (including phenoxy) is 1. The number of hydrogen-bond acceptors (Lipinski definition) is 3. The van der Waals surface area contributed by atoms with E-state index >= 15 is 0 Å². The Morgan fingerprint density at radius 3 is 2.50 bits per heavy atom. The van der Waals surface area contributed by atoms with E-state index in [-0.39, 0.29) is 24.2 Å². The second-order valence-corrected chi connectivity index (χ2v) is 5.29. The fourth-order valence-corrected chi connectivity index (χ4v) is 1.71. The molecule has 1 aliphatic rings. The third-order valence-electron chi connectivity index (χ3n) is 3.32. The zero-order valence-corrected chi connectivity index (χ0v) is 12.5. The Morgan fingerprint density at radius 2 is 2.00 bits per heavy atom. The number of nitrogens with one attached hydrogen (secondary N) is 2. The molecular formula is C13H27ClN2O2. The van der Waals surface area contributed by atoms with Gasteiger partial charge in [0.15, 0.2) is 0 Å². The minimum Gasteiger partial charge on any atom is -0.380 e. The van der Waals surface area contributed by atoms with E-state index in [1.54, 1.807) is 0 Å². The van der Waals surface area contributed by atoms with E-state index in [1.807, 2.05) is 6.92 Å².